The van der Waals surface area contributed by atoms with Gasteiger partial charge in [-0.15, -0.1) is 0 Å². The van der Waals surface area contributed by atoms with Crippen LogP contribution in [0.2, 0.25) is 0 Å². The van der Waals surface area contributed by atoms with Crippen LogP contribution in [0.3, 0.4) is 0 Å². The van der Waals surface area contributed by atoms with Gasteiger partial charge in [0, 0.05) is 30.1 Å². The summed E-state index contributed by atoms with van der Waals surface area (Å²) in [7, 11) is 0. The van der Waals surface area contributed by atoms with Crippen LogP contribution in [0.4, 0.5) is 0 Å². The van der Waals surface area contributed by atoms with E-state index in [0.717, 1.165) is 12.3 Å². The van der Waals surface area contributed by atoms with Gasteiger partial charge in [-0.1, -0.05) is 12.2 Å². The Bertz CT molecular complexity index is 495. The van der Waals surface area contributed by atoms with Crippen LogP contribution in [-0.4, -0.2) is 17.1 Å². The maximum absolute atomic E-state index is 11.7. The van der Waals surface area contributed by atoms with Gasteiger partial charge in [0.2, 0.25) is 0 Å². The number of aromatic nitrogens is 1. The van der Waals surface area contributed by atoms with Crippen LogP contribution in [0.5, 0.6) is 0 Å². The van der Waals surface area contributed by atoms with Crippen LogP contribution in [0.15, 0.2) is 41.8 Å². The van der Waals surface area contributed by atoms with Crippen molar-refractivity contribution in [3.63, 3.8) is 0 Å². The first kappa shape index (κ1) is 11.1. The summed E-state index contributed by atoms with van der Waals surface area (Å²) in [4.78, 5) is 15.6. The van der Waals surface area contributed by atoms with E-state index < -0.39 is 0 Å². The first-order valence-electron chi connectivity index (χ1n) is 6.25. The highest BCUT2D eigenvalue weighted by Gasteiger charge is 2.34. The molecular formula is C14H15N3O. The molecule has 0 aliphatic heterocycles. The molecule has 2 aliphatic carbocycles. The fraction of sp³-hybridized carbons (Fsp3) is 0.357. The van der Waals surface area contributed by atoms with Crippen molar-refractivity contribution in [2.45, 2.75) is 12.8 Å². The van der Waals surface area contributed by atoms with Gasteiger partial charge in [0.15, 0.2) is 0 Å². The number of hydrogen-bond acceptors (Lipinski definition) is 3. The van der Waals surface area contributed by atoms with Gasteiger partial charge in [-0.25, -0.2) is 5.43 Å². The molecule has 0 aromatic carbocycles. The minimum Gasteiger partial charge on any atom is -0.267 e. The molecule has 1 saturated carbocycles. The quantitative estimate of drug-likeness (QED) is 0.500. The van der Waals surface area contributed by atoms with Crippen molar-refractivity contribution in [1.82, 2.24) is 10.4 Å². The molecule has 1 N–H and O–H groups in total. The third-order valence-corrected chi connectivity index (χ3v) is 3.70. The van der Waals surface area contributed by atoms with E-state index in [2.05, 4.69) is 27.7 Å². The number of fused-ring (bicyclic) bond motifs is 2. The van der Waals surface area contributed by atoms with E-state index in [1.807, 2.05) is 6.21 Å². The van der Waals surface area contributed by atoms with Crippen molar-refractivity contribution in [3.05, 3.63) is 42.2 Å². The summed E-state index contributed by atoms with van der Waals surface area (Å²) in [6.07, 6.45) is 12.1. The molecule has 3 atom stereocenters. The predicted molar refractivity (Wildman–Crippen MR) is 69.0 cm³/mol. The normalized spacial score (nSPS) is 29.0. The molecule has 18 heavy (non-hydrogen) atoms. The van der Waals surface area contributed by atoms with Crippen LogP contribution in [0, 0.1) is 17.8 Å². The fourth-order valence-corrected chi connectivity index (χ4v) is 2.75. The summed E-state index contributed by atoms with van der Waals surface area (Å²) in [5.41, 5.74) is 3.14. The van der Waals surface area contributed by atoms with Crippen LogP contribution in [0.25, 0.3) is 0 Å². The van der Waals surface area contributed by atoms with E-state index in [1.165, 1.54) is 6.42 Å². The first-order valence-corrected chi connectivity index (χ1v) is 6.25. The first-order chi connectivity index (χ1) is 8.83. The Labute approximate surface area is 106 Å². The van der Waals surface area contributed by atoms with Crippen LogP contribution in [-0.2, 0) is 0 Å². The van der Waals surface area contributed by atoms with Crippen LogP contribution >= 0.6 is 0 Å². The van der Waals surface area contributed by atoms with E-state index in [1.54, 1.807) is 24.5 Å². The molecular weight excluding hydrogens is 226 g/mol. The van der Waals surface area contributed by atoms with E-state index in [-0.39, 0.29) is 5.91 Å². The Hall–Kier alpha value is -1.97. The lowest BCUT2D eigenvalue weighted by Gasteiger charge is -2.11. The van der Waals surface area contributed by atoms with Gasteiger partial charge < -0.3 is 0 Å². The predicted octanol–water partition coefficient (Wildman–Crippen LogP) is 2.01. The van der Waals surface area contributed by atoms with Crippen LogP contribution in [0.1, 0.15) is 23.2 Å². The second kappa shape index (κ2) is 4.72. The molecule has 1 amide bonds. The molecule has 0 unspecified atom stereocenters. The Morgan fingerprint density at radius 1 is 1.33 bits per heavy atom. The van der Waals surface area contributed by atoms with E-state index in [9.17, 15) is 4.79 Å². The third-order valence-electron chi connectivity index (χ3n) is 3.70. The average Bonchev–Trinajstić information content (AvgIpc) is 3.02. The largest absolute Gasteiger partial charge is 0.271 e. The van der Waals surface area contributed by atoms with Crippen molar-refractivity contribution in [3.8, 4) is 0 Å². The van der Waals surface area contributed by atoms with Crippen molar-refractivity contribution in [1.29, 1.82) is 0 Å². The number of allylic oxidation sites excluding steroid dienone is 2. The van der Waals surface area contributed by atoms with Gasteiger partial charge >= 0.3 is 0 Å². The molecule has 0 radical (unpaired) electrons. The van der Waals surface area contributed by atoms with Crippen molar-refractivity contribution in [2.24, 2.45) is 22.9 Å². The number of carbonyl (C=O) groups is 1. The molecule has 2 aliphatic rings. The number of amides is 1. The molecule has 1 fully saturated rings. The van der Waals surface area contributed by atoms with Gasteiger partial charge in [-0.2, -0.15) is 5.10 Å². The van der Waals surface area contributed by atoms with Crippen molar-refractivity contribution >= 4 is 12.1 Å². The number of rotatable bonds is 3. The molecule has 3 rings (SSSR count). The zero-order valence-electron chi connectivity index (χ0n) is 9.99. The van der Waals surface area contributed by atoms with E-state index in [0.29, 0.717) is 17.4 Å². The molecule has 0 spiro atoms. The molecule has 1 aromatic heterocycles. The van der Waals surface area contributed by atoms with E-state index in [4.69, 9.17) is 0 Å². The summed E-state index contributed by atoms with van der Waals surface area (Å²) in [6.45, 7) is 0. The molecule has 0 saturated heterocycles. The van der Waals surface area contributed by atoms with Gasteiger partial charge in [-0.05, 0) is 36.8 Å². The lowest BCUT2D eigenvalue weighted by Crippen LogP contribution is -2.19. The second-order valence-corrected chi connectivity index (χ2v) is 4.90. The molecule has 1 aromatic rings. The topological polar surface area (TPSA) is 54.4 Å². The molecule has 2 bridgehead atoms. The molecule has 4 nitrogen and oxygen atoms in total. The average molecular weight is 241 g/mol. The molecule has 4 heteroatoms. The van der Waals surface area contributed by atoms with Crippen LogP contribution < -0.4 is 5.43 Å². The third kappa shape index (κ3) is 2.18. The number of carbonyl (C=O) groups excluding carboxylic acids is 1. The maximum Gasteiger partial charge on any atom is 0.271 e. The van der Waals surface area contributed by atoms with Crippen molar-refractivity contribution in [2.75, 3.05) is 0 Å². The summed E-state index contributed by atoms with van der Waals surface area (Å²) in [5, 5.41) is 4.07. The fourth-order valence-electron chi connectivity index (χ4n) is 2.75. The Morgan fingerprint density at radius 2 is 2.17 bits per heavy atom. The minimum absolute atomic E-state index is 0.188. The summed E-state index contributed by atoms with van der Waals surface area (Å²) in [6, 6.07) is 3.34. The Kier molecular flexibility index (Phi) is 2.92. The second-order valence-electron chi connectivity index (χ2n) is 4.90. The summed E-state index contributed by atoms with van der Waals surface area (Å²) in [5.74, 6) is 1.64. The molecule has 1 heterocycles. The minimum atomic E-state index is -0.188. The van der Waals surface area contributed by atoms with E-state index >= 15 is 0 Å². The zero-order chi connectivity index (χ0) is 12.4. The number of nitrogens with one attached hydrogen (secondary N) is 1. The van der Waals surface area contributed by atoms with Gasteiger partial charge in [0.1, 0.15) is 0 Å². The summed E-state index contributed by atoms with van der Waals surface area (Å²) < 4.78 is 0. The monoisotopic (exact) mass is 241 g/mol. The number of pyridine rings is 1. The Morgan fingerprint density at radius 3 is 2.83 bits per heavy atom. The number of hydrogen-bond donors (Lipinski definition) is 1. The number of nitrogens with zero attached hydrogens (tertiary/aromatic N) is 2. The highest BCUT2D eigenvalue weighted by atomic mass is 16.2. The summed E-state index contributed by atoms with van der Waals surface area (Å²) >= 11 is 0. The maximum atomic E-state index is 11.7. The smallest absolute Gasteiger partial charge is 0.267 e. The number of hydrazone groups is 1. The highest BCUT2D eigenvalue weighted by molar-refractivity contribution is 5.94. The standard InChI is InChI=1S/C14H15N3O/c18-14(11-3-5-15-6-4-11)17-16-9-13-8-10-1-2-12(13)7-10/h1-6,9-10,12-13H,7-8H2,(H,17,18)/b16-9-/t10-,12-,13+/m0/s1. The lowest BCUT2D eigenvalue weighted by atomic mass is 9.95. The van der Waals surface area contributed by atoms with Gasteiger partial charge in [0.05, 0.1) is 0 Å². The van der Waals surface area contributed by atoms with Crippen molar-refractivity contribution < 1.29 is 4.79 Å². The molecule has 92 valence electrons. The highest BCUT2D eigenvalue weighted by Crippen LogP contribution is 2.42. The van der Waals surface area contributed by atoms with Gasteiger partial charge in [-0.3, -0.25) is 9.78 Å². The zero-order valence-corrected chi connectivity index (χ0v) is 9.99. The SMILES string of the molecule is O=C(N/N=C\[C@H]1C[C@H]2C=C[C@H]1C2)c1ccncc1. The Balaban J connectivity index is 1.55. The van der Waals surface area contributed by atoms with Gasteiger partial charge in [0.25, 0.3) is 5.91 Å². The lowest BCUT2D eigenvalue weighted by molar-refractivity contribution is 0.0955.